The topological polar surface area (TPSA) is 76.5 Å². The van der Waals surface area contributed by atoms with Gasteiger partial charge in [0.2, 0.25) is 5.91 Å². The van der Waals surface area contributed by atoms with Gasteiger partial charge in [-0.05, 0) is 72.5 Å². The maximum Gasteiger partial charge on any atom is 0.253 e. The fourth-order valence-electron chi connectivity index (χ4n) is 4.93. The molecule has 2 atom stereocenters. The van der Waals surface area contributed by atoms with Crippen molar-refractivity contribution in [3.05, 3.63) is 100 Å². The van der Waals surface area contributed by atoms with Crippen molar-refractivity contribution in [2.24, 2.45) is 0 Å². The number of nitrogens with one attached hydrogen (secondary N) is 1. The van der Waals surface area contributed by atoms with E-state index in [0.29, 0.717) is 25.1 Å². The standard InChI is InChI=1S/C29H24BrFN4O3/c1-17-28(37)34(13-12-18-2-3-20-15-26(36)32-25(20)14-18)29(38-17)27-24(19-4-8-22(31)9-5-19)16-35(33-27)23-10-6-21(30)7-11-23/h2-11,14,16-17,29H,12-13,15H2,1H3,(H,32,36)/t17-,29+/m0/s1. The highest BCUT2D eigenvalue weighted by molar-refractivity contribution is 9.10. The zero-order valence-corrected chi connectivity index (χ0v) is 22.1. The molecule has 0 saturated carbocycles. The molecule has 0 aliphatic carbocycles. The Morgan fingerprint density at radius 2 is 1.84 bits per heavy atom. The fraction of sp³-hybridized carbons (Fsp3) is 0.207. The minimum absolute atomic E-state index is 0.0103. The van der Waals surface area contributed by atoms with E-state index in [1.807, 2.05) is 48.7 Å². The first kappa shape index (κ1) is 24.5. The molecule has 7 nitrogen and oxygen atoms in total. The molecule has 4 aromatic rings. The Hall–Kier alpha value is -3.82. The van der Waals surface area contributed by atoms with Crippen molar-refractivity contribution in [3.63, 3.8) is 0 Å². The summed E-state index contributed by atoms with van der Waals surface area (Å²) >= 11 is 3.46. The number of hydrogen-bond acceptors (Lipinski definition) is 4. The van der Waals surface area contributed by atoms with Crippen LogP contribution in [0.3, 0.4) is 0 Å². The second kappa shape index (κ2) is 9.81. The third-order valence-electron chi connectivity index (χ3n) is 6.91. The molecule has 1 aromatic heterocycles. The molecule has 0 spiro atoms. The molecule has 0 bridgehead atoms. The molecule has 1 saturated heterocycles. The Bertz CT molecular complexity index is 1530. The summed E-state index contributed by atoms with van der Waals surface area (Å²) in [6, 6.07) is 19.8. The quantitative estimate of drug-likeness (QED) is 0.333. The fourth-order valence-corrected chi connectivity index (χ4v) is 5.19. The maximum atomic E-state index is 13.7. The molecule has 1 N–H and O–H groups in total. The molecule has 3 aromatic carbocycles. The summed E-state index contributed by atoms with van der Waals surface area (Å²) in [7, 11) is 0. The van der Waals surface area contributed by atoms with E-state index in [1.54, 1.807) is 28.6 Å². The van der Waals surface area contributed by atoms with Crippen LogP contribution in [0.25, 0.3) is 16.8 Å². The number of hydrogen-bond donors (Lipinski definition) is 1. The van der Waals surface area contributed by atoms with Crippen LogP contribution in [0.1, 0.15) is 30.0 Å². The predicted octanol–water partition coefficient (Wildman–Crippen LogP) is 5.42. The lowest BCUT2D eigenvalue weighted by Crippen LogP contribution is -2.32. The summed E-state index contributed by atoms with van der Waals surface area (Å²) in [6.07, 6.45) is 1.52. The van der Waals surface area contributed by atoms with Crippen LogP contribution in [0.5, 0.6) is 0 Å². The van der Waals surface area contributed by atoms with E-state index in [1.165, 1.54) is 12.1 Å². The first-order valence-electron chi connectivity index (χ1n) is 12.3. The molecular formula is C29H24BrFN4O3. The van der Waals surface area contributed by atoms with Gasteiger partial charge in [-0.1, -0.05) is 40.2 Å². The molecule has 3 heterocycles. The number of rotatable bonds is 6. The van der Waals surface area contributed by atoms with E-state index in [4.69, 9.17) is 9.84 Å². The lowest BCUT2D eigenvalue weighted by molar-refractivity contribution is -0.130. The van der Waals surface area contributed by atoms with Crippen molar-refractivity contribution in [3.8, 4) is 16.8 Å². The van der Waals surface area contributed by atoms with Crippen LogP contribution in [0.4, 0.5) is 10.1 Å². The Morgan fingerprint density at radius 1 is 1.08 bits per heavy atom. The van der Waals surface area contributed by atoms with Crippen molar-refractivity contribution in [2.45, 2.75) is 32.1 Å². The van der Waals surface area contributed by atoms with E-state index in [9.17, 15) is 14.0 Å². The largest absolute Gasteiger partial charge is 0.339 e. The smallest absolute Gasteiger partial charge is 0.253 e. The van der Waals surface area contributed by atoms with E-state index in [2.05, 4.69) is 21.2 Å². The Balaban J connectivity index is 1.34. The average Bonchev–Trinajstić information content (AvgIpc) is 3.58. The molecule has 0 radical (unpaired) electrons. The van der Waals surface area contributed by atoms with E-state index < -0.39 is 12.3 Å². The summed E-state index contributed by atoms with van der Waals surface area (Å²) in [5, 5.41) is 7.74. The van der Waals surface area contributed by atoms with Gasteiger partial charge in [0.1, 0.15) is 17.6 Å². The van der Waals surface area contributed by atoms with Gasteiger partial charge in [-0.3, -0.25) is 9.59 Å². The zero-order chi connectivity index (χ0) is 26.4. The molecule has 0 unspecified atom stereocenters. The van der Waals surface area contributed by atoms with Crippen LogP contribution in [0, 0.1) is 5.82 Å². The zero-order valence-electron chi connectivity index (χ0n) is 20.5. The molecule has 2 aliphatic rings. The molecule has 1 fully saturated rings. The van der Waals surface area contributed by atoms with Gasteiger partial charge in [-0.25, -0.2) is 9.07 Å². The van der Waals surface area contributed by atoms with Crippen LogP contribution in [-0.4, -0.2) is 39.1 Å². The van der Waals surface area contributed by atoms with Gasteiger partial charge < -0.3 is 15.0 Å². The van der Waals surface area contributed by atoms with Crippen LogP contribution < -0.4 is 5.32 Å². The van der Waals surface area contributed by atoms with Gasteiger partial charge in [0.05, 0.1) is 12.1 Å². The Labute approximate surface area is 227 Å². The van der Waals surface area contributed by atoms with Gasteiger partial charge in [0, 0.05) is 28.5 Å². The summed E-state index contributed by atoms with van der Waals surface area (Å²) in [6.45, 7) is 2.15. The number of halogens is 2. The number of anilines is 1. The second-order valence-electron chi connectivity index (χ2n) is 9.48. The molecule has 9 heteroatoms. The van der Waals surface area contributed by atoms with E-state index in [-0.39, 0.29) is 17.6 Å². The minimum atomic E-state index is -0.705. The lowest BCUT2D eigenvalue weighted by atomic mass is 10.0. The minimum Gasteiger partial charge on any atom is -0.339 e. The summed E-state index contributed by atoms with van der Waals surface area (Å²) in [5.74, 6) is -0.458. The highest BCUT2D eigenvalue weighted by Crippen LogP contribution is 2.37. The van der Waals surface area contributed by atoms with Crippen LogP contribution >= 0.6 is 15.9 Å². The number of fused-ring (bicyclic) bond motifs is 1. The number of amides is 2. The number of carbonyl (C=O) groups is 2. The van der Waals surface area contributed by atoms with Gasteiger partial charge >= 0.3 is 0 Å². The van der Waals surface area contributed by atoms with Crippen molar-refractivity contribution in [2.75, 3.05) is 11.9 Å². The van der Waals surface area contributed by atoms with E-state index in [0.717, 1.165) is 38.1 Å². The van der Waals surface area contributed by atoms with Crippen molar-refractivity contribution < 1.29 is 18.7 Å². The summed E-state index contributed by atoms with van der Waals surface area (Å²) in [4.78, 5) is 26.6. The Kier molecular flexibility index (Phi) is 6.33. The summed E-state index contributed by atoms with van der Waals surface area (Å²) in [5.41, 5.74) is 5.77. The van der Waals surface area contributed by atoms with Crippen LogP contribution in [0.15, 0.2) is 77.4 Å². The van der Waals surface area contributed by atoms with Crippen molar-refractivity contribution in [1.82, 2.24) is 14.7 Å². The molecule has 38 heavy (non-hydrogen) atoms. The Morgan fingerprint density at radius 3 is 2.61 bits per heavy atom. The number of nitrogens with zero attached hydrogens (tertiary/aromatic N) is 3. The van der Waals surface area contributed by atoms with Crippen LogP contribution in [-0.2, 0) is 27.2 Å². The first-order valence-corrected chi connectivity index (χ1v) is 13.1. The number of benzene rings is 3. The molecule has 6 rings (SSSR count). The molecule has 2 aliphatic heterocycles. The number of aromatic nitrogens is 2. The second-order valence-corrected chi connectivity index (χ2v) is 10.4. The molecule has 2 amide bonds. The first-order chi connectivity index (χ1) is 18.4. The maximum absolute atomic E-state index is 13.7. The highest BCUT2D eigenvalue weighted by Gasteiger charge is 2.41. The molecular weight excluding hydrogens is 551 g/mol. The number of carbonyl (C=O) groups excluding carboxylic acids is 2. The normalized spacial score (nSPS) is 18.7. The SMILES string of the molecule is C[C@@H]1O[C@H](c2nn(-c3ccc(Br)cc3)cc2-c2ccc(F)cc2)N(CCc2ccc3c(c2)NC(=O)C3)C1=O. The molecule has 192 valence electrons. The van der Waals surface area contributed by atoms with Crippen molar-refractivity contribution in [1.29, 1.82) is 0 Å². The number of ether oxygens (including phenoxy) is 1. The van der Waals surface area contributed by atoms with Gasteiger partial charge in [0.25, 0.3) is 5.91 Å². The third kappa shape index (κ3) is 4.63. The average molecular weight is 575 g/mol. The van der Waals surface area contributed by atoms with Gasteiger partial charge in [-0.2, -0.15) is 5.10 Å². The van der Waals surface area contributed by atoms with Crippen LogP contribution in [0.2, 0.25) is 0 Å². The highest BCUT2D eigenvalue weighted by atomic mass is 79.9. The monoisotopic (exact) mass is 574 g/mol. The van der Waals surface area contributed by atoms with Crippen molar-refractivity contribution >= 4 is 33.4 Å². The lowest BCUT2D eigenvalue weighted by Gasteiger charge is -2.23. The van der Waals surface area contributed by atoms with E-state index >= 15 is 0 Å². The predicted molar refractivity (Wildman–Crippen MR) is 144 cm³/mol. The van der Waals surface area contributed by atoms with Gasteiger partial charge in [-0.15, -0.1) is 0 Å². The van der Waals surface area contributed by atoms with Gasteiger partial charge in [0.15, 0.2) is 6.23 Å². The third-order valence-corrected chi connectivity index (χ3v) is 7.44. The summed E-state index contributed by atoms with van der Waals surface area (Å²) < 4.78 is 22.6.